The molecule has 11 heteroatoms. The Morgan fingerprint density at radius 1 is 0.875 bits per heavy atom. The standard InChI is InChI=1S/C13H14N4O5S2/c14-23(19,20)11-7-4-8-12(9-11)24(21,22)17-16-13(18)15-10-5-2-1-3-6-10/h1-9,17H,(H2,14,19,20)(H2,15,16,18). The van der Waals surface area contributed by atoms with Crippen molar-refractivity contribution in [3.05, 3.63) is 54.6 Å². The molecular weight excluding hydrogens is 356 g/mol. The Morgan fingerprint density at radius 3 is 2.12 bits per heavy atom. The Morgan fingerprint density at radius 2 is 1.50 bits per heavy atom. The summed E-state index contributed by atoms with van der Waals surface area (Å²) >= 11 is 0. The number of carbonyl (C=O) groups is 1. The number of anilines is 1. The van der Waals surface area contributed by atoms with Crippen molar-refractivity contribution in [2.75, 3.05) is 5.32 Å². The number of benzene rings is 2. The fourth-order valence-electron chi connectivity index (χ4n) is 1.67. The van der Waals surface area contributed by atoms with Gasteiger partial charge in [0.1, 0.15) is 0 Å². The van der Waals surface area contributed by atoms with E-state index in [1.165, 1.54) is 6.07 Å². The van der Waals surface area contributed by atoms with Gasteiger partial charge in [0.05, 0.1) is 9.79 Å². The summed E-state index contributed by atoms with van der Waals surface area (Å²) in [4.78, 5) is 12.8. The van der Waals surface area contributed by atoms with E-state index in [0.29, 0.717) is 5.69 Å². The highest BCUT2D eigenvalue weighted by molar-refractivity contribution is 7.90. The molecule has 2 amide bonds. The van der Waals surface area contributed by atoms with Crippen molar-refractivity contribution >= 4 is 31.8 Å². The van der Waals surface area contributed by atoms with Gasteiger partial charge in [-0.15, -0.1) is 4.83 Å². The Kier molecular flexibility index (Phi) is 5.19. The number of carbonyl (C=O) groups excluding carboxylic acids is 1. The van der Waals surface area contributed by atoms with Crippen LogP contribution in [-0.2, 0) is 20.0 Å². The maximum Gasteiger partial charge on any atom is 0.334 e. The lowest BCUT2D eigenvalue weighted by atomic mass is 10.3. The van der Waals surface area contributed by atoms with Crippen LogP contribution in [0.2, 0.25) is 0 Å². The number of amides is 2. The number of primary sulfonamides is 1. The summed E-state index contributed by atoms with van der Waals surface area (Å²) in [7, 11) is -8.22. The largest absolute Gasteiger partial charge is 0.334 e. The Bertz CT molecular complexity index is 943. The van der Waals surface area contributed by atoms with Gasteiger partial charge in [-0.05, 0) is 30.3 Å². The molecule has 0 unspecified atom stereocenters. The molecule has 0 atom stereocenters. The average Bonchev–Trinajstić information content (AvgIpc) is 2.53. The minimum Gasteiger partial charge on any atom is -0.307 e. The van der Waals surface area contributed by atoms with Gasteiger partial charge in [0.25, 0.3) is 10.0 Å². The molecule has 0 saturated heterocycles. The summed E-state index contributed by atoms with van der Waals surface area (Å²) in [6.45, 7) is 0. The van der Waals surface area contributed by atoms with Gasteiger partial charge in [-0.1, -0.05) is 24.3 Å². The maximum atomic E-state index is 12.1. The van der Waals surface area contributed by atoms with Gasteiger partial charge < -0.3 is 5.32 Å². The average molecular weight is 370 g/mol. The zero-order chi connectivity index (χ0) is 17.8. The van der Waals surface area contributed by atoms with Crippen LogP contribution in [-0.4, -0.2) is 22.9 Å². The van der Waals surface area contributed by atoms with E-state index < -0.39 is 26.1 Å². The summed E-state index contributed by atoms with van der Waals surface area (Å²) in [5.41, 5.74) is 2.42. The predicted octanol–water partition coefficient (Wildman–Crippen LogP) is 0.349. The van der Waals surface area contributed by atoms with Gasteiger partial charge in [-0.2, -0.15) is 0 Å². The van der Waals surface area contributed by atoms with Gasteiger partial charge in [-0.3, -0.25) is 5.43 Å². The van der Waals surface area contributed by atoms with Crippen LogP contribution >= 0.6 is 0 Å². The first-order valence-corrected chi connectivity index (χ1v) is 9.48. The van der Waals surface area contributed by atoms with Crippen molar-refractivity contribution < 1.29 is 21.6 Å². The van der Waals surface area contributed by atoms with E-state index in [2.05, 4.69) is 5.32 Å². The van der Waals surface area contributed by atoms with Crippen LogP contribution in [0, 0.1) is 0 Å². The molecule has 0 radical (unpaired) electrons. The molecule has 2 aromatic carbocycles. The Hall–Kier alpha value is -2.47. The second-order valence-corrected chi connectivity index (χ2v) is 7.81. The van der Waals surface area contributed by atoms with Crippen LogP contribution in [0.4, 0.5) is 10.5 Å². The first kappa shape index (κ1) is 17.9. The molecule has 128 valence electrons. The molecule has 0 heterocycles. The molecule has 0 aliphatic carbocycles. The smallest absolute Gasteiger partial charge is 0.307 e. The zero-order valence-corrected chi connectivity index (χ0v) is 13.8. The van der Waals surface area contributed by atoms with E-state index >= 15 is 0 Å². The molecule has 2 aromatic rings. The van der Waals surface area contributed by atoms with Gasteiger partial charge in [0.2, 0.25) is 10.0 Å². The highest BCUT2D eigenvalue weighted by Gasteiger charge is 2.18. The number of hydrogen-bond donors (Lipinski definition) is 4. The lowest BCUT2D eigenvalue weighted by molar-refractivity contribution is 0.250. The quantitative estimate of drug-likeness (QED) is 0.561. The van der Waals surface area contributed by atoms with E-state index in [0.717, 1.165) is 18.2 Å². The van der Waals surface area contributed by atoms with Crippen molar-refractivity contribution in [2.24, 2.45) is 5.14 Å². The molecule has 0 saturated carbocycles. The highest BCUT2D eigenvalue weighted by Crippen LogP contribution is 2.14. The SMILES string of the molecule is NS(=O)(=O)c1cccc(S(=O)(=O)NNC(=O)Nc2ccccc2)c1. The fourth-order valence-corrected chi connectivity index (χ4v) is 3.19. The molecular formula is C13H14N4O5S2. The summed E-state index contributed by atoms with van der Waals surface area (Å²) < 4.78 is 46.7. The molecule has 0 fully saturated rings. The Balaban J connectivity index is 2.08. The molecule has 0 aromatic heterocycles. The zero-order valence-electron chi connectivity index (χ0n) is 12.1. The fraction of sp³-hybridized carbons (Fsp3) is 0. The molecule has 9 nitrogen and oxygen atoms in total. The molecule has 2 rings (SSSR count). The topological polar surface area (TPSA) is 147 Å². The van der Waals surface area contributed by atoms with Crippen LogP contribution < -0.4 is 20.7 Å². The molecule has 24 heavy (non-hydrogen) atoms. The molecule has 0 spiro atoms. The number of hydrazine groups is 1. The first-order chi connectivity index (χ1) is 11.2. The molecule has 5 N–H and O–H groups in total. The maximum absolute atomic E-state index is 12.1. The second kappa shape index (κ2) is 6.97. The lowest BCUT2D eigenvalue weighted by Gasteiger charge is -2.10. The van der Waals surface area contributed by atoms with E-state index in [9.17, 15) is 21.6 Å². The van der Waals surface area contributed by atoms with Crippen LogP contribution in [0.5, 0.6) is 0 Å². The van der Waals surface area contributed by atoms with Crippen molar-refractivity contribution in [1.82, 2.24) is 10.3 Å². The van der Waals surface area contributed by atoms with Crippen LogP contribution in [0.1, 0.15) is 0 Å². The summed E-state index contributed by atoms with van der Waals surface area (Å²) in [5.74, 6) is 0. The normalized spacial score (nSPS) is 11.7. The Labute approximate surface area is 138 Å². The third-order valence-corrected chi connectivity index (χ3v) is 4.93. The highest BCUT2D eigenvalue weighted by atomic mass is 32.2. The van der Waals surface area contributed by atoms with Crippen LogP contribution in [0.3, 0.4) is 0 Å². The van der Waals surface area contributed by atoms with Crippen molar-refractivity contribution in [3.63, 3.8) is 0 Å². The predicted molar refractivity (Wildman–Crippen MR) is 86.7 cm³/mol. The lowest BCUT2D eigenvalue weighted by Crippen LogP contribution is -2.43. The van der Waals surface area contributed by atoms with Crippen LogP contribution in [0.15, 0.2) is 64.4 Å². The van der Waals surface area contributed by atoms with Gasteiger partial charge in [0.15, 0.2) is 0 Å². The number of para-hydroxylation sites is 1. The summed E-state index contributed by atoms with van der Waals surface area (Å²) in [6, 6.07) is 12.0. The first-order valence-electron chi connectivity index (χ1n) is 6.45. The van der Waals surface area contributed by atoms with Gasteiger partial charge >= 0.3 is 6.03 Å². The van der Waals surface area contributed by atoms with E-state index in [1.807, 2.05) is 10.3 Å². The summed E-state index contributed by atoms with van der Waals surface area (Å²) in [6.07, 6.45) is 0. The number of sulfonamides is 2. The van der Waals surface area contributed by atoms with Crippen molar-refractivity contribution in [2.45, 2.75) is 9.79 Å². The number of urea groups is 1. The monoisotopic (exact) mass is 370 g/mol. The van der Waals surface area contributed by atoms with Crippen molar-refractivity contribution in [3.8, 4) is 0 Å². The number of hydrogen-bond acceptors (Lipinski definition) is 5. The van der Waals surface area contributed by atoms with Crippen LogP contribution in [0.25, 0.3) is 0 Å². The third-order valence-electron chi connectivity index (χ3n) is 2.77. The number of nitrogens with one attached hydrogen (secondary N) is 3. The molecule has 0 bridgehead atoms. The minimum atomic E-state index is -4.17. The van der Waals surface area contributed by atoms with Gasteiger partial charge in [-0.25, -0.2) is 26.8 Å². The summed E-state index contributed by atoms with van der Waals surface area (Å²) in [5, 5.41) is 7.36. The molecule has 0 aliphatic rings. The minimum absolute atomic E-state index is 0.362. The van der Waals surface area contributed by atoms with E-state index in [4.69, 9.17) is 5.14 Å². The van der Waals surface area contributed by atoms with Crippen molar-refractivity contribution in [1.29, 1.82) is 0 Å². The molecule has 0 aliphatic heterocycles. The van der Waals surface area contributed by atoms with E-state index in [1.54, 1.807) is 30.3 Å². The number of nitrogens with two attached hydrogens (primary N) is 1. The third kappa shape index (κ3) is 4.76. The van der Waals surface area contributed by atoms with Gasteiger partial charge in [0, 0.05) is 5.69 Å². The number of rotatable bonds is 5. The van der Waals surface area contributed by atoms with E-state index in [-0.39, 0.29) is 9.79 Å². The second-order valence-electron chi connectivity index (χ2n) is 4.57.